The molecule has 1 atom stereocenters. The lowest BCUT2D eigenvalue weighted by Crippen LogP contribution is -2.86. The number of halogens is 3. The van der Waals surface area contributed by atoms with Gasteiger partial charge in [0.1, 0.15) is 6.04 Å². The van der Waals surface area contributed by atoms with Crippen LogP contribution in [0.4, 0.5) is 18.9 Å². The van der Waals surface area contributed by atoms with Crippen molar-refractivity contribution < 1.29 is 23.3 Å². The zero-order chi connectivity index (χ0) is 19.4. The lowest BCUT2D eigenvalue weighted by molar-refractivity contribution is -0.682. The van der Waals surface area contributed by atoms with Crippen LogP contribution in [-0.4, -0.2) is 12.5 Å². The van der Waals surface area contributed by atoms with Crippen molar-refractivity contribution in [2.75, 3.05) is 11.9 Å². The average molecular weight is 373 g/mol. The van der Waals surface area contributed by atoms with E-state index in [4.69, 9.17) is 0 Å². The van der Waals surface area contributed by atoms with Gasteiger partial charge in [-0.1, -0.05) is 54.6 Å². The summed E-state index contributed by atoms with van der Waals surface area (Å²) in [6.45, 7) is 2.00. The molecule has 0 aliphatic heterocycles. The van der Waals surface area contributed by atoms with Crippen LogP contribution >= 0.6 is 0 Å². The average Bonchev–Trinajstić information content (AvgIpc) is 2.65. The lowest BCUT2D eigenvalue weighted by Gasteiger charge is -2.15. The van der Waals surface area contributed by atoms with Gasteiger partial charge in [0.2, 0.25) is 0 Å². The molecular formula is C21H20F3N2O+. The van der Waals surface area contributed by atoms with Crippen LogP contribution in [0, 0.1) is 0 Å². The molecule has 0 aliphatic carbocycles. The van der Waals surface area contributed by atoms with Crippen LogP contribution in [-0.2, 0) is 11.0 Å². The van der Waals surface area contributed by atoms with Crippen molar-refractivity contribution in [3.05, 3.63) is 77.9 Å². The fraction of sp³-hybridized carbons (Fsp3) is 0.190. The predicted octanol–water partition coefficient (Wildman–Crippen LogP) is 4.12. The van der Waals surface area contributed by atoms with E-state index in [1.54, 1.807) is 0 Å². The molecule has 1 amide bonds. The van der Waals surface area contributed by atoms with Crippen LogP contribution in [0.1, 0.15) is 24.1 Å². The molecule has 0 aromatic heterocycles. The number of quaternary nitrogens is 1. The summed E-state index contributed by atoms with van der Waals surface area (Å²) in [7, 11) is 0. The number of nitrogens with one attached hydrogen (secondary N) is 1. The number of para-hydroxylation sites is 1. The molecule has 0 saturated heterocycles. The van der Waals surface area contributed by atoms with Gasteiger partial charge in [-0.2, -0.15) is 13.2 Å². The lowest BCUT2D eigenvalue weighted by atomic mass is 10.00. The highest BCUT2D eigenvalue weighted by Crippen LogP contribution is 2.34. The summed E-state index contributed by atoms with van der Waals surface area (Å²) in [6, 6.07) is 18.9. The summed E-state index contributed by atoms with van der Waals surface area (Å²) < 4.78 is 39.1. The standard InChI is InChI=1S/C21H19F3N2O/c1-14(16-10-6-8-15-7-2-3-9-17(15)16)25-13-20(27)26-19-12-5-4-11-18(19)21(22,23)24/h2-12,14,25H,13H2,1H3,(H,26,27)/p+1/t14-/m1/s1. The smallest absolute Gasteiger partial charge is 0.332 e. The fourth-order valence-corrected chi connectivity index (χ4v) is 3.10. The van der Waals surface area contributed by atoms with E-state index in [-0.39, 0.29) is 18.3 Å². The van der Waals surface area contributed by atoms with Crippen LogP contribution in [0.2, 0.25) is 0 Å². The van der Waals surface area contributed by atoms with Gasteiger partial charge in [0.25, 0.3) is 5.91 Å². The quantitative estimate of drug-likeness (QED) is 0.694. The first-order valence-corrected chi connectivity index (χ1v) is 8.63. The minimum atomic E-state index is -4.51. The Labute approximate surface area is 155 Å². The molecule has 3 aromatic rings. The molecule has 0 unspecified atom stereocenters. The van der Waals surface area contributed by atoms with Crippen molar-refractivity contribution in [1.29, 1.82) is 0 Å². The molecular weight excluding hydrogens is 353 g/mol. The SMILES string of the molecule is C[C@@H]([NH2+]CC(=O)Nc1ccccc1C(F)(F)F)c1cccc2ccccc12. The number of hydrogen-bond donors (Lipinski definition) is 2. The Bertz CT molecular complexity index is 948. The van der Waals surface area contributed by atoms with E-state index in [9.17, 15) is 18.0 Å². The largest absolute Gasteiger partial charge is 0.418 e. The molecule has 0 aliphatic rings. The molecule has 0 heterocycles. The molecule has 6 heteroatoms. The molecule has 0 bridgehead atoms. The highest BCUT2D eigenvalue weighted by atomic mass is 19.4. The zero-order valence-corrected chi connectivity index (χ0v) is 14.8. The first-order chi connectivity index (χ1) is 12.9. The summed E-state index contributed by atoms with van der Waals surface area (Å²) in [5.74, 6) is -0.473. The van der Waals surface area contributed by atoms with Gasteiger partial charge >= 0.3 is 6.18 Å². The number of carbonyl (C=O) groups is 1. The van der Waals surface area contributed by atoms with E-state index in [0.717, 1.165) is 22.4 Å². The maximum absolute atomic E-state index is 13.0. The van der Waals surface area contributed by atoms with Crippen molar-refractivity contribution in [3.8, 4) is 0 Å². The molecule has 3 aromatic carbocycles. The van der Waals surface area contributed by atoms with Gasteiger partial charge in [-0.15, -0.1) is 0 Å². The maximum Gasteiger partial charge on any atom is 0.418 e. The van der Waals surface area contributed by atoms with Gasteiger partial charge in [0, 0.05) is 5.56 Å². The number of nitrogens with two attached hydrogens (primary N) is 1. The number of carbonyl (C=O) groups excluding carboxylic acids is 1. The molecule has 0 spiro atoms. The highest BCUT2D eigenvalue weighted by Gasteiger charge is 2.33. The Morgan fingerprint density at radius 1 is 1.00 bits per heavy atom. The van der Waals surface area contributed by atoms with Crippen LogP contribution < -0.4 is 10.6 Å². The van der Waals surface area contributed by atoms with Crippen LogP contribution in [0.5, 0.6) is 0 Å². The Balaban J connectivity index is 1.68. The first kappa shape index (κ1) is 18.9. The Hall–Kier alpha value is -2.86. The summed E-state index contributed by atoms with van der Waals surface area (Å²) in [6.07, 6.45) is -4.51. The minimum absolute atomic E-state index is 0.0142. The number of benzene rings is 3. The van der Waals surface area contributed by atoms with Crippen LogP contribution in [0.25, 0.3) is 10.8 Å². The van der Waals surface area contributed by atoms with E-state index in [2.05, 4.69) is 5.32 Å². The van der Waals surface area contributed by atoms with E-state index < -0.39 is 17.6 Å². The third-order valence-electron chi connectivity index (χ3n) is 4.48. The summed E-state index contributed by atoms with van der Waals surface area (Å²) in [5, 5.41) is 6.40. The third kappa shape index (κ3) is 4.46. The first-order valence-electron chi connectivity index (χ1n) is 8.63. The van der Waals surface area contributed by atoms with Gasteiger partial charge < -0.3 is 10.6 Å². The Kier molecular flexibility index (Phi) is 5.46. The molecule has 140 valence electrons. The molecule has 0 fully saturated rings. The zero-order valence-electron chi connectivity index (χ0n) is 14.8. The molecule has 3 N–H and O–H groups in total. The van der Waals surface area contributed by atoms with Gasteiger partial charge in [0.05, 0.1) is 11.3 Å². The van der Waals surface area contributed by atoms with E-state index in [1.165, 1.54) is 18.2 Å². The van der Waals surface area contributed by atoms with Crippen molar-refractivity contribution >= 4 is 22.4 Å². The third-order valence-corrected chi connectivity index (χ3v) is 4.48. The predicted molar refractivity (Wildman–Crippen MR) is 99.2 cm³/mol. The molecule has 0 radical (unpaired) electrons. The molecule has 3 nitrogen and oxygen atoms in total. The highest BCUT2D eigenvalue weighted by molar-refractivity contribution is 5.92. The minimum Gasteiger partial charge on any atom is -0.332 e. The van der Waals surface area contributed by atoms with Crippen molar-refractivity contribution in [3.63, 3.8) is 0 Å². The number of amides is 1. The fourth-order valence-electron chi connectivity index (χ4n) is 3.10. The van der Waals surface area contributed by atoms with Crippen molar-refractivity contribution in [2.45, 2.75) is 19.1 Å². The topological polar surface area (TPSA) is 45.7 Å². The maximum atomic E-state index is 13.0. The van der Waals surface area contributed by atoms with Gasteiger partial charge in [0.15, 0.2) is 6.54 Å². The Morgan fingerprint density at radius 2 is 1.67 bits per heavy atom. The van der Waals surface area contributed by atoms with Gasteiger partial charge in [-0.3, -0.25) is 4.79 Å². The second kappa shape index (κ2) is 7.80. The second-order valence-electron chi connectivity index (χ2n) is 6.39. The monoisotopic (exact) mass is 373 g/mol. The van der Waals surface area contributed by atoms with Gasteiger partial charge in [-0.05, 0) is 29.8 Å². The molecule has 27 heavy (non-hydrogen) atoms. The molecule has 0 saturated carbocycles. The van der Waals surface area contributed by atoms with Crippen LogP contribution in [0.15, 0.2) is 66.7 Å². The molecule has 3 rings (SSSR count). The van der Waals surface area contributed by atoms with E-state index >= 15 is 0 Å². The van der Waals surface area contributed by atoms with E-state index in [0.29, 0.717) is 0 Å². The summed E-state index contributed by atoms with van der Waals surface area (Å²) in [5.41, 5.74) is 0.0123. The number of rotatable bonds is 5. The summed E-state index contributed by atoms with van der Waals surface area (Å²) >= 11 is 0. The summed E-state index contributed by atoms with van der Waals surface area (Å²) in [4.78, 5) is 12.2. The van der Waals surface area contributed by atoms with Crippen molar-refractivity contribution in [2.24, 2.45) is 0 Å². The number of anilines is 1. The second-order valence-corrected chi connectivity index (χ2v) is 6.39. The van der Waals surface area contributed by atoms with E-state index in [1.807, 2.05) is 54.7 Å². The van der Waals surface area contributed by atoms with Gasteiger partial charge in [-0.25, -0.2) is 0 Å². The number of hydrogen-bond acceptors (Lipinski definition) is 1. The van der Waals surface area contributed by atoms with Crippen molar-refractivity contribution in [1.82, 2.24) is 0 Å². The Morgan fingerprint density at radius 3 is 2.44 bits per heavy atom. The van der Waals surface area contributed by atoms with Crippen LogP contribution in [0.3, 0.4) is 0 Å². The number of fused-ring (bicyclic) bond motifs is 1. The normalized spacial score (nSPS) is 12.7. The number of alkyl halides is 3.